The van der Waals surface area contributed by atoms with Crippen LogP contribution in [-0.4, -0.2) is 24.7 Å². The Morgan fingerprint density at radius 1 is 0.600 bits per heavy atom. The van der Waals surface area contributed by atoms with Gasteiger partial charge in [-0.25, -0.2) is 8.42 Å². The molecule has 35 heavy (non-hydrogen) atoms. The van der Waals surface area contributed by atoms with Gasteiger partial charge in [-0.05, 0) is 113 Å². The third-order valence-electron chi connectivity index (χ3n) is 6.10. The van der Waals surface area contributed by atoms with Crippen LogP contribution >= 0.6 is 0 Å². The van der Waals surface area contributed by atoms with E-state index in [1.807, 2.05) is 19.9 Å². The molecule has 0 fully saturated rings. The van der Waals surface area contributed by atoms with Crippen molar-refractivity contribution in [2.75, 3.05) is 6.26 Å². The van der Waals surface area contributed by atoms with Crippen LogP contribution in [0.3, 0.4) is 0 Å². The van der Waals surface area contributed by atoms with Gasteiger partial charge in [0.05, 0.1) is 0 Å². The minimum absolute atomic E-state index is 0.0792. The van der Waals surface area contributed by atoms with E-state index in [-0.39, 0.29) is 6.42 Å². The van der Waals surface area contributed by atoms with E-state index in [1.54, 1.807) is 6.08 Å². The van der Waals surface area contributed by atoms with E-state index in [9.17, 15) is 13.5 Å². The normalized spacial score (nSPS) is 15.6. The van der Waals surface area contributed by atoms with E-state index in [2.05, 4.69) is 65.8 Å². The summed E-state index contributed by atoms with van der Waals surface area (Å²) < 4.78 is 24.9. The van der Waals surface area contributed by atoms with Gasteiger partial charge in [-0.3, -0.25) is 0 Å². The van der Waals surface area contributed by atoms with Crippen LogP contribution in [0.5, 0.6) is 0 Å². The summed E-state index contributed by atoms with van der Waals surface area (Å²) in [5.74, 6) is 0. The lowest BCUT2D eigenvalue weighted by molar-refractivity contribution is 0.176. The molecule has 0 aliphatic rings. The zero-order valence-corrected chi connectivity index (χ0v) is 24.8. The lowest BCUT2D eigenvalue weighted by Crippen LogP contribution is -2.35. The molecule has 0 aromatic heterocycles. The van der Waals surface area contributed by atoms with Crippen LogP contribution in [0.4, 0.5) is 0 Å². The molecule has 0 radical (unpaired) electrons. The van der Waals surface area contributed by atoms with Crippen LogP contribution in [-0.2, 0) is 9.84 Å². The van der Waals surface area contributed by atoms with Crippen molar-refractivity contribution in [3.8, 4) is 0 Å². The van der Waals surface area contributed by atoms with Crippen molar-refractivity contribution in [2.45, 2.75) is 118 Å². The van der Waals surface area contributed by atoms with Crippen molar-refractivity contribution in [3.05, 3.63) is 69.9 Å². The van der Waals surface area contributed by atoms with Crippen LogP contribution in [0.1, 0.15) is 113 Å². The number of allylic oxidation sites excluding steroid dienone is 10. The predicted molar refractivity (Wildman–Crippen MR) is 155 cm³/mol. The summed E-state index contributed by atoms with van der Waals surface area (Å²) in [5.41, 5.74) is 7.40. The first-order valence-corrected chi connectivity index (χ1v) is 14.9. The largest absolute Gasteiger partial charge is 0.371 e. The Balaban J connectivity index is 5.02. The highest BCUT2D eigenvalue weighted by molar-refractivity contribution is 7.92. The molecule has 0 aromatic rings. The molecule has 0 spiro atoms. The second-order valence-electron chi connectivity index (χ2n) is 10.7. The van der Waals surface area contributed by atoms with Gasteiger partial charge >= 0.3 is 0 Å². The first-order chi connectivity index (χ1) is 16.2. The highest BCUT2D eigenvalue weighted by atomic mass is 32.2. The van der Waals surface area contributed by atoms with E-state index in [1.165, 1.54) is 22.3 Å². The topological polar surface area (TPSA) is 54.4 Å². The third kappa shape index (κ3) is 16.6. The van der Waals surface area contributed by atoms with Crippen molar-refractivity contribution >= 4 is 9.84 Å². The molecule has 0 aliphatic carbocycles. The average Bonchev–Trinajstić information content (AvgIpc) is 2.71. The molecule has 0 aromatic carbocycles. The van der Waals surface area contributed by atoms with Gasteiger partial charge in [0.1, 0.15) is 0 Å². The molecule has 200 valence electrons. The summed E-state index contributed by atoms with van der Waals surface area (Å²) in [7, 11) is -3.67. The molecule has 1 atom stereocenters. The first-order valence-electron chi connectivity index (χ1n) is 13.0. The summed E-state index contributed by atoms with van der Waals surface area (Å²) in [5, 5.41) is 11.1. The number of aliphatic hydroxyl groups is 1. The molecular weight excluding hydrogens is 452 g/mol. The zero-order chi connectivity index (χ0) is 27.1. The van der Waals surface area contributed by atoms with Gasteiger partial charge in [-0.15, -0.1) is 0 Å². The molecule has 0 saturated heterocycles. The first kappa shape index (κ1) is 33.4. The summed E-state index contributed by atoms with van der Waals surface area (Å²) in [4.78, 5) is -1.86. The molecule has 0 amide bonds. The van der Waals surface area contributed by atoms with Crippen LogP contribution < -0.4 is 0 Å². The van der Waals surface area contributed by atoms with Crippen molar-refractivity contribution in [1.29, 1.82) is 0 Å². The molecule has 0 heterocycles. The number of rotatable bonds is 16. The Bertz CT molecular complexity index is 932. The lowest BCUT2D eigenvalue weighted by Gasteiger charge is -2.22. The van der Waals surface area contributed by atoms with Gasteiger partial charge in [0, 0.05) is 12.7 Å². The molecule has 0 rings (SSSR count). The van der Waals surface area contributed by atoms with Gasteiger partial charge < -0.3 is 5.11 Å². The maximum atomic E-state index is 12.5. The van der Waals surface area contributed by atoms with E-state index < -0.39 is 14.8 Å². The van der Waals surface area contributed by atoms with Gasteiger partial charge in [0.2, 0.25) is 0 Å². The minimum Gasteiger partial charge on any atom is -0.371 e. The maximum absolute atomic E-state index is 12.5. The SMILES string of the molecule is CC(C)=CCCC(C)=CCCC(C)=CCC(O)(C=C(C)CCC=C(C)CCC=C(C)C)S(C)(=O)=O. The molecule has 0 saturated carbocycles. The fourth-order valence-electron chi connectivity index (χ4n) is 3.67. The third-order valence-corrected chi connectivity index (χ3v) is 7.67. The molecule has 4 heteroatoms. The van der Waals surface area contributed by atoms with Crippen molar-refractivity contribution in [1.82, 2.24) is 0 Å². The fourth-order valence-corrected chi connectivity index (χ4v) is 4.47. The van der Waals surface area contributed by atoms with Gasteiger partial charge in [0.25, 0.3) is 0 Å². The summed E-state index contributed by atoms with van der Waals surface area (Å²) >= 11 is 0. The van der Waals surface area contributed by atoms with Crippen LogP contribution in [0.25, 0.3) is 0 Å². The van der Waals surface area contributed by atoms with Crippen molar-refractivity contribution in [2.24, 2.45) is 0 Å². The second kappa shape index (κ2) is 16.9. The predicted octanol–water partition coefficient (Wildman–Crippen LogP) is 8.95. The van der Waals surface area contributed by atoms with Crippen molar-refractivity contribution in [3.63, 3.8) is 0 Å². The zero-order valence-electron chi connectivity index (χ0n) is 24.0. The van der Waals surface area contributed by atoms with Crippen molar-refractivity contribution < 1.29 is 13.5 Å². The Morgan fingerprint density at radius 3 is 1.31 bits per heavy atom. The van der Waals surface area contributed by atoms with Gasteiger partial charge in [-0.2, -0.15) is 0 Å². The molecule has 1 N–H and O–H groups in total. The van der Waals surface area contributed by atoms with Crippen LogP contribution in [0, 0.1) is 0 Å². The van der Waals surface area contributed by atoms with Crippen LogP contribution in [0.15, 0.2) is 69.9 Å². The fraction of sp³-hybridized carbons (Fsp3) is 0.613. The smallest absolute Gasteiger partial charge is 0.188 e. The summed E-state index contributed by atoms with van der Waals surface area (Å²) in [6.07, 6.45) is 21.2. The Labute approximate surface area is 217 Å². The molecule has 0 aliphatic heterocycles. The molecular formula is C31H52O3S. The molecule has 0 bridgehead atoms. The van der Waals surface area contributed by atoms with Gasteiger partial charge in [-0.1, -0.05) is 63.8 Å². The second-order valence-corrected chi connectivity index (χ2v) is 12.9. The quantitative estimate of drug-likeness (QED) is 0.213. The number of hydrogen-bond acceptors (Lipinski definition) is 3. The Kier molecular flexibility index (Phi) is 16.1. The number of sulfone groups is 1. The Hall–Kier alpha value is -1.65. The highest BCUT2D eigenvalue weighted by Gasteiger charge is 2.35. The molecule has 3 nitrogen and oxygen atoms in total. The monoisotopic (exact) mass is 504 g/mol. The van der Waals surface area contributed by atoms with Crippen LogP contribution in [0.2, 0.25) is 0 Å². The summed E-state index contributed by atoms with van der Waals surface area (Å²) in [6.45, 7) is 16.7. The van der Waals surface area contributed by atoms with Gasteiger partial charge in [0.15, 0.2) is 14.8 Å². The standard InChI is InChI=1S/C31H52O3S/c1-25(2)14-10-16-27(5)18-12-20-29(7)22-23-31(32,35(9,33)34)24-30(8)21-13-19-28(6)17-11-15-26(3)4/h14-15,18-19,22,24,32H,10-13,16-17,20-21,23H2,1-9H3. The lowest BCUT2D eigenvalue weighted by atomic mass is 10.0. The average molecular weight is 505 g/mol. The van der Waals surface area contributed by atoms with E-state index >= 15 is 0 Å². The molecule has 1 unspecified atom stereocenters. The Morgan fingerprint density at radius 2 is 0.943 bits per heavy atom. The minimum atomic E-state index is -3.67. The highest BCUT2D eigenvalue weighted by Crippen LogP contribution is 2.25. The van der Waals surface area contributed by atoms with E-state index in [0.717, 1.165) is 68.8 Å². The van der Waals surface area contributed by atoms with E-state index in [0.29, 0.717) is 0 Å². The summed E-state index contributed by atoms with van der Waals surface area (Å²) in [6, 6.07) is 0. The number of hydrogen-bond donors (Lipinski definition) is 1. The van der Waals surface area contributed by atoms with E-state index in [4.69, 9.17) is 0 Å². The maximum Gasteiger partial charge on any atom is 0.188 e.